The summed E-state index contributed by atoms with van der Waals surface area (Å²) in [6, 6.07) is 1.53. The number of hydrogen-bond acceptors (Lipinski definition) is 4. The first kappa shape index (κ1) is 15.0. The SMILES string of the molecule is C[C@@H]1CN(C(=O)c2ccnc3[nH]ncc23)C[C@@H]1NC(=O)[C@@H]1C[C@H]1F. The number of halogens is 1. The zero-order valence-corrected chi connectivity index (χ0v) is 13.2. The molecule has 0 unspecified atom stereocenters. The van der Waals surface area contributed by atoms with Gasteiger partial charge >= 0.3 is 0 Å². The van der Waals surface area contributed by atoms with Crippen LogP contribution in [0.1, 0.15) is 23.7 Å². The Morgan fingerprint density at radius 1 is 1.42 bits per heavy atom. The van der Waals surface area contributed by atoms with E-state index < -0.39 is 12.1 Å². The van der Waals surface area contributed by atoms with Crippen molar-refractivity contribution in [3.05, 3.63) is 24.0 Å². The molecule has 4 rings (SSSR count). The maximum Gasteiger partial charge on any atom is 0.254 e. The van der Waals surface area contributed by atoms with Crippen molar-refractivity contribution in [1.82, 2.24) is 25.4 Å². The molecule has 7 nitrogen and oxygen atoms in total. The number of nitrogens with zero attached hydrogens (tertiary/aromatic N) is 3. The third-order valence-electron chi connectivity index (χ3n) is 4.86. The van der Waals surface area contributed by atoms with Crippen molar-refractivity contribution in [3.63, 3.8) is 0 Å². The van der Waals surface area contributed by atoms with E-state index in [0.29, 0.717) is 36.1 Å². The second kappa shape index (κ2) is 5.54. The van der Waals surface area contributed by atoms with Crippen LogP contribution < -0.4 is 5.32 Å². The fraction of sp³-hybridized carbons (Fsp3) is 0.500. The summed E-state index contributed by atoms with van der Waals surface area (Å²) in [5.74, 6) is -0.735. The normalized spacial score (nSPS) is 29.0. The van der Waals surface area contributed by atoms with E-state index in [4.69, 9.17) is 0 Å². The molecule has 4 atom stereocenters. The Morgan fingerprint density at radius 2 is 2.21 bits per heavy atom. The molecular weight excluding hydrogens is 313 g/mol. The monoisotopic (exact) mass is 331 g/mol. The number of aromatic nitrogens is 3. The lowest BCUT2D eigenvalue weighted by Crippen LogP contribution is -2.41. The van der Waals surface area contributed by atoms with Crippen LogP contribution in [0.3, 0.4) is 0 Å². The summed E-state index contributed by atoms with van der Waals surface area (Å²) in [7, 11) is 0. The number of pyridine rings is 1. The van der Waals surface area contributed by atoms with Gasteiger partial charge in [0.05, 0.1) is 29.1 Å². The molecule has 2 aromatic rings. The number of aromatic amines is 1. The summed E-state index contributed by atoms with van der Waals surface area (Å²) in [4.78, 5) is 30.6. The number of fused-ring (bicyclic) bond motifs is 1. The first-order valence-electron chi connectivity index (χ1n) is 8.06. The fourth-order valence-corrected chi connectivity index (χ4v) is 3.25. The molecule has 0 radical (unpaired) electrons. The van der Waals surface area contributed by atoms with Crippen LogP contribution in [-0.2, 0) is 4.79 Å². The summed E-state index contributed by atoms with van der Waals surface area (Å²) < 4.78 is 13.0. The van der Waals surface area contributed by atoms with E-state index in [2.05, 4.69) is 20.5 Å². The average Bonchev–Trinajstić information content (AvgIpc) is 2.97. The van der Waals surface area contributed by atoms with Crippen molar-refractivity contribution in [1.29, 1.82) is 0 Å². The minimum absolute atomic E-state index is 0.109. The number of rotatable bonds is 3. The maximum absolute atomic E-state index is 13.0. The smallest absolute Gasteiger partial charge is 0.254 e. The molecule has 24 heavy (non-hydrogen) atoms. The highest BCUT2D eigenvalue weighted by Gasteiger charge is 2.45. The standard InChI is InChI=1S/C16H18FN5O2/c1-8-6-22(7-13(8)20-15(23)10-4-12(10)17)16(24)9-2-3-18-14-11(9)5-19-21-14/h2-3,5,8,10,12-13H,4,6-7H2,1H3,(H,20,23)(H,18,19,21)/t8-,10-,12-,13+/m1/s1. The molecule has 2 N–H and O–H groups in total. The first-order valence-corrected chi connectivity index (χ1v) is 8.06. The summed E-state index contributed by atoms with van der Waals surface area (Å²) in [5, 5.41) is 10.2. The largest absolute Gasteiger partial charge is 0.351 e. The molecule has 0 spiro atoms. The van der Waals surface area contributed by atoms with Crippen LogP contribution in [0.25, 0.3) is 11.0 Å². The van der Waals surface area contributed by atoms with Crippen LogP contribution >= 0.6 is 0 Å². The van der Waals surface area contributed by atoms with Crippen molar-refractivity contribution in [2.24, 2.45) is 11.8 Å². The molecule has 2 aliphatic rings. The Kier molecular flexibility index (Phi) is 3.47. The van der Waals surface area contributed by atoms with Gasteiger partial charge in [-0.15, -0.1) is 0 Å². The molecule has 2 amide bonds. The number of alkyl halides is 1. The van der Waals surface area contributed by atoms with E-state index in [-0.39, 0.29) is 23.8 Å². The molecule has 1 aliphatic heterocycles. The van der Waals surface area contributed by atoms with Gasteiger partial charge in [0.15, 0.2) is 5.65 Å². The topological polar surface area (TPSA) is 91.0 Å². The van der Waals surface area contributed by atoms with Gasteiger partial charge in [-0.2, -0.15) is 5.10 Å². The minimum Gasteiger partial charge on any atom is -0.351 e. The molecule has 0 bridgehead atoms. The summed E-state index contributed by atoms with van der Waals surface area (Å²) in [6.45, 7) is 2.96. The number of H-pyrrole nitrogens is 1. The average molecular weight is 331 g/mol. The predicted octanol–water partition coefficient (Wildman–Crippen LogP) is 0.893. The highest BCUT2D eigenvalue weighted by Crippen LogP contribution is 2.34. The Balaban J connectivity index is 1.48. The van der Waals surface area contributed by atoms with E-state index >= 15 is 0 Å². The predicted molar refractivity (Wildman–Crippen MR) is 83.9 cm³/mol. The lowest BCUT2D eigenvalue weighted by Gasteiger charge is -2.17. The molecule has 3 heterocycles. The van der Waals surface area contributed by atoms with Gasteiger partial charge in [-0.05, 0) is 18.4 Å². The highest BCUT2D eigenvalue weighted by molar-refractivity contribution is 6.05. The number of carbonyl (C=O) groups is 2. The molecule has 1 saturated heterocycles. The number of likely N-dealkylation sites (tertiary alicyclic amines) is 1. The van der Waals surface area contributed by atoms with Gasteiger partial charge in [-0.1, -0.05) is 6.92 Å². The van der Waals surface area contributed by atoms with Crippen LogP contribution in [0.2, 0.25) is 0 Å². The Bertz CT molecular complexity index is 807. The van der Waals surface area contributed by atoms with Crippen LogP contribution in [0.4, 0.5) is 4.39 Å². The van der Waals surface area contributed by atoms with Crippen molar-refractivity contribution in [2.45, 2.75) is 25.6 Å². The van der Waals surface area contributed by atoms with Gasteiger partial charge in [0.2, 0.25) is 5.91 Å². The Morgan fingerprint density at radius 3 is 2.96 bits per heavy atom. The fourth-order valence-electron chi connectivity index (χ4n) is 3.25. The quantitative estimate of drug-likeness (QED) is 0.874. The van der Waals surface area contributed by atoms with E-state index in [1.165, 1.54) is 0 Å². The van der Waals surface area contributed by atoms with E-state index in [0.717, 1.165) is 0 Å². The molecule has 0 aromatic carbocycles. The van der Waals surface area contributed by atoms with Crippen LogP contribution in [-0.4, -0.2) is 57.2 Å². The second-order valence-corrected chi connectivity index (χ2v) is 6.65. The van der Waals surface area contributed by atoms with E-state index in [1.54, 1.807) is 23.4 Å². The summed E-state index contributed by atoms with van der Waals surface area (Å²) >= 11 is 0. The zero-order chi connectivity index (χ0) is 16.8. The van der Waals surface area contributed by atoms with E-state index in [1.807, 2.05) is 6.92 Å². The highest BCUT2D eigenvalue weighted by atomic mass is 19.1. The molecule has 1 aliphatic carbocycles. The van der Waals surface area contributed by atoms with Crippen molar-refractivity contribution >= 4 is 22.8 Å². The number of nitrogens with one attached hydrogen (secondary N) is 2. The maximum atomic E-state index is 13.0. The third kappa shape index (κ3) is 2.51. The van der Waals surface area contributed by atoms with Gasteiger partial charge in [0, 0.05) is 19.3 Å². The van der Waals surface area contributed by atoms with Crippen LogP contribution in [0, 0.1) is 11.8 Å². The number of carbonyl (C=O) groups excluding carboxylic acids is 2. The molecule has 126 valence electrons. The lowest BCUT2D eigenvalue weighted by molar-refractivity contribution is -0.123. The molecule has 8 heteroatoms. The summed E-state index contributed by atoms with van der Waals surface area (Å²) in [6.07, 6.45) is 2.46. The third-order valence-corrected chi connectivity index (χ3v) is 4.86. The minimum atomic E-state index is -1.01. The van der Waals surface area contributed by atoms with Crippen molar-refractivity contribution in [2.75, 3.05) is 13.1 Å². The molecular formula is C16H18FN5O2. The van der Waals surface area contributed by atoms with Gasteiger partial charge in [-0.25, -0.2) is 9.37 Å². The lowest BCUT2D eigenvalue weighted by atomic mass is 10.1. The van der Waals surface area contributed by atoms with Crippen LogP contribution in [0.5, 0.6) is 0 Å². The van der Waals surface area contributed by atoms with Gasteiger partial charge in [0.1, 0.15) is 6.17 Å². The van der Waals surface area contributed by atoms with Gasteiger partial charge in [-0.3, -0.25) is 14.7 Å². The number of hydrogen-bond donors (Lipinski definition) is 2. The Hall–Kier alpha value is -2.51. The first-order chi connectivity index (χ1) is 11.5. The summed E-state index contributed by atoms with van der Waals surface area (Å²) in [5.41, 5.74) is 1.11. The van der Waals surface area contributed by atoms with Crippen LogP contribution in [0.15, 0.2) is 18.5 Å². The van der Waals surface area contributed by atoms with Crippen molar-refractivity contribution < 1.29 is 14.0 Å². The number of amides is 2. The zero-order valence-electron chi connectivity index (χ0n) is 13.2. The molecule has 2 aromatic heterocycles. The van der Waals surface area contributed by atoms with Gasteiger partial charge in [0.25, 0.3) is 5.91 Å². The van der Waals surface area contributed by atoms with Gasteiger partial charge < -0.3 is 10.2 Å². The van der Waals surface area contributed by atoms with Crippen molar-refractivity contribution in [3.8, 4) is 0 Å². The molecule has 2 fully saturated rings. The molecule has 1 saturated carbocycles. The van der Waals surface area contributed by atoms with E-state index in [9.17, 15) is 14.0 Å². The Labute approximate surface area is 137 Å². The second-order valence-electron chi connectivity index (χ2n) is 6.65.